The number of hydrogen-bond donors (Lipinski definition) is 1. The summed E-state index contributed by atoms with van der Waals surface area (Å²) in [5.41, 5.74) is 1.15. The van der Waals surface area contributed by atoms with E-state index >= 15 is 0 Å². The van der Waals surface area contributed by atoms with Crippen molar-refractivity contribution in [3.05, 3.63) is 23.9 Å². The van der Waals surface area contributed by atoms with Gasteiger partial charge in [-0.3, -0.25) is 0 Å². The SMILES string of the molecule is N#CCc1noc2ccc(O)cc12. The predicted molar refractivity (Wildman–Crippen MR) is 45.0 cm³/mol. The number of benzene rings is 1. The normalized spacial score (nSPS) is 10.1. The number of nitrogens with zero attached hydrogens (tertiary/aromatic N) is 2. The molecule has 2 aromatic rings. The van der Waals surface area contributed by atoms with Crippen molar-refractivity contribution in [3.63, 3.8) is 0 Å². The standard InChI is InChI=1S/C9H6N2O2/c10-4-3-8-7-5-6(12)1-2-9(7)13-11-8/h1-2,5,12H,3H2. The van der Waals surface area contributed by atoms with Gasteiger partial charge in [0.15, 0.2) is 5.58 Å². The first kappa shape index (κ1) is 7.62. The lowest BCUT2D eigenvalue weighted by Gasteiger charge is -1.90. The highest BCUT2D eigenvalue weighted by molar-refractivity contribution is 5.81. The average molecular weight is 174 g/mol. The Bertz CT molecular complexity index is 482. The number of rotatable bonds is 1. The molecule has 0 aliphatic rings. The van der Waals surface area contributed by atoms with E-state index in [1.807, 2.05) is 6.07 Å². The first-order valence-corrected chi connectivity index (χ1v) is 3.75. The van der Waals surface area contributed by atoms with Crippen LogP contribution in [-0.4, -0.2) is 10.3 Å². The first-order valence-electron chi connectivity index (χ1n) is 3.75. The summed E-state index contributed by atoms with van der Waals surface area (Å²) < 4.78 is 4.94. The highest BCUT2D eigenvalue weighted by Crippen LogP contribution is 2.22. The molecule has 4 nitrogen and oxygen atoms in total. The van der Waals surface area contributed by atoms with Crippen LogP contribution in [0.5, 0.6) is 5.75 Å². The van der Waals surface area contributed by atoms with Crippen molar-refractivity contribution in [1.29, 1.82) is 5.26 Å². The molecular weight excluding hydrogens is 168 g/mol. The summed E-state index contributed by atoms with van der Waals surface area (Å²) in [6.07, 6.45) is 0.191. The number of nitriles is 1. The molecule has 0 amide bonds. The van der Waals surface area contributed by atoms with Crippen LogP contribution in [0.3, 0.4) is 0 Å². The quantitative estimate of drug-likeness (QED) is 0.712. The average Bonchev–Trinajstić information content (AvgIpc) is 2.49. The van der Waals surface area contributed by atoms with Gasteiger partial charge in [-0.05, 0) is 18.2 Å². The molecule has 1 heterocycles. The van der Waals surface area contributed by atoms with Crippen LogP contribution < -0.4 is 0 Å². The Labute approximate surface area is 74.0 Å². The van der Waals surface area contributed by atoms with E-state index in [0.717, 1.165) is 0 Å². The number of aromatic hydroxyl groups is 1. The summed E-state index contributed by atoms with van der Waals surface area (Å²) in [4.78, 5) is 0. The Morgan fingerprint density at radius 1 is 1.54 bits per heavy atom. The molecule has 64 valence electrons. The van der Waals surface area contributed by atoms with E-state index in [-0.39, 0.29) is 12.2 Å². The fourth-order valence-corrected chi connectivity index (χ4v) is 1.18. The second-order valence-corrected chi connectivity index (χ2v) is 2.64. The van der Waals surface area contributed by atoms with Crippen molar-refractivity contribution >= 4 is 11.0 Å². The van der Waals surface area contributed by atoms with Gasteiger partial charge in [0.25, 0.3) is 0 Å². The van der Waals surface area contributed by atoms with Crippen molar-refractivity contribution in [3.8, 4) is 11.8 Å². The third kappa shape index (κ3) is 1.20. The van der Waals surface area contributed by atoms with Gasteiger partial charge in [-0.2, -0.15) is 5.26 Å². The largest absolute Gasteiger partial charge is 0.508 e. The van der Waals surface area contributed by atoms with E-state index in [1.165, 1.54) is 6.07 Å². The molecule has 0 spiro atoms. The summed E-state index contributed by atoms with van der Waals surface area (Å²) in [7, 11) is 0. The smallest absolute Gasteiger partial charge is 0.167 e. The van der Waals surface area contributed by atoms with Crippen molar-refractivity contribution in [2.75, 3.05) is 0 Å². The Kier molecular flexibility index (Phi) is 1.64. The number of phenolic OH excluding ortho intramolecular Hbond substituents is 1. The van der Waals surface area contributed by atoms with Gasteiger partial charge >= 0.3 is 0 Å². The molecular formula is C9H6N2O2. The van der Waals surface area contributed by atoms with Crippen LogP contribution in [0.15, 0.2) is 22.7 Å². The summed E-state index contributed by atoms with van der Waals surface area (Å²) in [6, 6.07) is 6.66. The molecule has 0 saturated heterocycles. The number of aromatic nitrogens is 1. The highest BCUT2D eigenvalue weighted by Gasteiger charge is 2.07. The zero-order valence-electron chi connectivity index (χ0n) is 6.69. The molecule has 0 aliphatic carbocycles. The van der Waals surface area contributed by atoms with E-state index in [4.69, 9.17) is 9.78 Å². The summed E-state index contributed by atoms with van der Waals surface area (Å²) in [6.45, 7) is 0. The fraction of sp³-hybridized carbons (Fsp3) is 0.111. The lowest BCUT2D eigenvalue weighted by molar-refractivity contribution is 0.447. The molecule has 0 fully saturated rings. The van der Waals surface area contributed by atoms with Crippen molar-refractivity contribution in [1.82, 2.24) is 5.16 Å². The number of phenols is 1. The zero-order chi connectivity index (χ0) is 9.26. The lowest BCUT2D eigenvalue weighted by atomic mass is 10.2. The monoisotopic (exact) mass is 174 g/mol. The summed E-state index contributed by atoms with van der Waals surface area (Å²) in [5.74, 6) is 0.148. The minimum absolute atomic E-state index is 0.148. The lowest BCUT2D eigenvalue weighted by Crippen LogP contribution is -1.80. The van der Waals surface area contributed by atoms with E-state index in [0.29, 0.717) is 16.7 Å². The molecule has 0 aliphatic heterocycles. The van der Waals surface area contributed by atoms with Crippen LogP contribution in [0.25, 0.3) is 11.0 Å². The molecule has 1 aromatic heterocycles. The molecule has 0 radical (unpaired) electrons. The molecule has 0 atom stereocenters. The minimum atomic E-state index is 0.148. The van der Waals surface area contributed by atoms with Gasteiger partial charge in [0.1, 0.15) is 11.4 Å². The van der Waals surface area contributed by atoms with Crippen molar-refractivity contribution < 1.29 is 9.63 Å². The van der Waals surface area contributed by atoms with Crippen LogP contribution in [0, 0.1) is 11.3 Å². The summed E-state index contributed by atoms with van der Waals surface area (Å²) in [5, 5.41) is 22.1. The van der Waals surface area contributed by atoms with Gasteiger partial charge in [-0.1, -0.05) is 5.16 Å². The van der Waals surface area contributed by atoms with E-state index in [1.54, 1.807) is 12.1 Å². The molecule has 0 unspecified atom stereocenters. The Morgan fingerprint density at radius 2 is 2.38 bits per heavy atom. The van der Waals surface area contributed by atoms with E-state index < -0.39 is 0 Å². The van der Waals surface area contributed by atoms with Crippen LogP contribution in [0.4, 0.5) is 0 Å². The number of hydrogen-bond acceptors (Lipinski definition) is 4. The van der Waals surface area contributed by atoms with Gasteiger partial charge < -0.3 is 9.63 Å². The van der Waals surface area contributed by atoms with Crippen LogP contribution >= 0.6 is 0 Å². The third-order valence-electron chi connectivity index (χ3n) is 1.77. The molecule has 0 bridgehead atoms. The highest BCUT2D eigenvalue weighted by atomic mass is 16.5. The Hall–Kier alpha value is -2.02. The second-order valence-electron chi connectivity index (χ2n) is 2.64. The number of fused-ring (bicyclic) bond motifs is 1. The van der Waals surface area contributed by atoms with Crippen molar-refractivity contribution in [2.45, 2.75) is 6.42 Å². The molecule has 1 N–H and O–H groups in total. The van der Waals surface area contributed by atoms with E-state index in [9.17, 15) is 5.11 Å². The maximum atomic E-state index is 9.19. The van der Waals surface area contributed by atoms with E-state index in [2.05, 4.69) is 5.16 Å². The molecule has 13 heavy (non-hydrogen) atoms. The van der Waals surface area contributed by atoms with Gasteiger partial charge in [-0.15, -0.1) is 0 Å². The Morgan fingerprint density at radius 3 is 3.15 bits per heavy atom. The van der Waals surface area contributed by atoms with Crippen LogP contribution in [0.2, 0.25) is 0 Å². The van der Waals surface area contributed by atoms with Crippen LogP contribution in [0.1, 0.15) is 5.69 Å². The van der Waals surface area contributed by atoms with Gasteiger partial charge in [0.2, 0.25) is 0 Å². The first-order chi connectivity index (χ1) is 6.31. The van der Waals surface area contributed by atoms with Crippen LogP contribution in [-0.2, 0) is 6.42 Å². The third-order valence-corrected chi connectivity index (χ3v) is 1.77. The summed E-state index contributed by atoms with van der Waals surface area (Å²) >= 11 is 0. The topological polar surface area (TPSA) is 70.0 Å². The van der Waals surface area contributed by atoms with Crippen molar-refractivity contribution in [2.24, 2.45) is 0 Å². The predicted octanol–water partition coefficient (Wildman–Crippen LogP) is 1.60. The maximum Gasteiger partial charge on any atom is 0.167 e. The fourth-order valence-electron chi connectivity index (χ4n) is 1.18. The van der Waals surface area contributed by atoms with Gasteiger partial charge in [0.05, 0.1) is 12.5 Å². The molecule has 0 saturated carbocycles. The van der Waals surface area contributed by atoms with Gasteiger partial charge in [0, 0.05) is 5.39 Å². The minimum Gasteiger partial charge on any atom is -0.508 e. The molecule has 4 heteroatoms. The van der Waals surface area contributed by atoms with Gasteiger partial charge in [-0.25, -0.2) is 0 Å². The maximum absolute atomic E-state index is 9.19. The molecule has 2 rings (SSSR count). The zero-order valence-corrected chi connectivity index (χ0v) is 6.69. The Balaban J connectivity index is 2.66. The second kappa shape index (κ2) is 2.79. The molecule has 1 aromatic carbocycles.